The van der Waals surface area contributed by atoms with Crippen LogP contribution >= 0.6 is 0 Å². The highest BCUT2D eigenvalue weighted by molar-refractivity contribution is 6.01. The number of aryl methyl sites for hydroxylation is 2. The van der Waals surface area contributed by atoms with Gasteiger partial charge < -0.3 is 9.73 Å². The highest BCUT2D eigenvalue weighted by atomic mass is 19.4. The zero-order valence-corrected chi connectivity index (χ0v) is 19.3. The van der Waals surface area contributed by atoms with Gasteiger partial charge in [-0.1, -0.05) is 18.2 Å². The molecule has 1 amide bonds. The molecule has 0 aliphatic rings. The summed E-state index contributed by atoms with van der Waals surface area (Å²) in [6, 6.07) is 12.6. The summed E-state index contributed by atoms with van der Waals surface area (Å²) in [6.45, 7) is 2.70. The number of para-hydroxylation sites is 1. The molecule has 0 fully saturated rings. The Bertz CT molecular complexity index is 1680. The molecule has 0 unspecified atom stereocenters. The molecule has 0 atom stereocenters. The van der Waals surface area contributed by atoms with E-state index in [1.807, 2.05) is 0 Å². The number of carbonyl (C=O) groups excluding carboxylic acids is 1. The Morgan fingerprint density at radius 1 is 1.11 bits per heavy atom. The van der Waals surface area contributed by atoms with E-state index in [-0.39, 0.29) is 23.4 Å². The minimum absolute atomic E-state index is 0.00518. The maximum absolute atomic E-state index is 13.8. The van der Waals surface area contributed by atoms with Crippen molar-refractivity contribution < 1.29 is 22.4 Å². The van der Waals surface area contributed by atoms with E-state index in [1.165, 1.54) is 23.1 Å². The lowest BCUT2D eigenvalue weighted by atomic mass is 10.1. The Labute approximate surface area is 202 Å². The van der Waals surface area contributed by atoms with Crippen LogP contribution < -0.4 is 10.9 Å². The number of aromatic nitrogens is 4. The number of amides is 1. The molecule has 5 aromatic rings. The number of benzene rings is 2. The zero-order chi connectivity index (χ0) is 25.6. The first-order chi connectivity index (χ1) is 17.1. The number of nitrogens with zero attached hydrogens (tertiary/aromatic N) is 4. The standard InChI is InChI=1S/C25H20F3N5O3/c1-14-9-15(2)33(31-14)17-8-7-16(19(10-17)25(26,27)28)11-29-21(34)12-32-13-30-22-18-5-3-4-6-20(18)36-23(22)24(32)35/h3-10,13H,11-12H2,1-2H3,(H,29,34). The molecular weight excluding hydrogens is 475 g/mol. The zero-order valence-electron chi connectivity index (χ0n) is 19.3. The third-order valence-corrected chi connectivity index (χ3v) is 5.79. The molecule has 36 heavy (non-hydrogen) atoms. The number of halogens is 3. The number of furan rings is 1. The average Bonchev–Trinajstić information content (AvgIpc) is 3.38. The summed E-state index contributed by atoms with van der Waals surface area (Å²) >= 11 is 0. The number of fused-ring (bicyclic) bond motifs is 3. The van der Waals surface area contributed by atoms with E-state index >= 15 is 0 Å². The van der Waals surface area contributed by atoms with Crippen molar-refractivity contribution in [3.8, 4) is 5.69 Å². The molecule has 2 aromatic carbocycles. The van der Waals surface area contributed by atoms with E-state index in [0.717, 1.165) is 10.6 Å². The topological polar surface area (TPSA) is 95.0 Å². The summed E-state index contributed by atoms with van der Waals surface area (Å²) in [5.74, 6) is -0.648. The van der Waals surface area contributed by atoms with Crippen LogP contribution in [0.1, 0.15) is 22.5 Å². The van der Waals surface area contributed by atoms with Gasteiger partial charge in [-0.05, 0) is 49.7 Å². The lowest BCUT2D eigenvalue weighted by Gasteiger charge is -2.16. The summed E-state index contributed by atoms with van der Waals surface area (Å²) in [7, 11) is 0. The highest BCUT2D eigenvalue weighted by Crippen LogP contribution is 2.33. The van der Waals surface area contributed by atoms with Gasteiger partial charge in [0.15, 0.2) is 0 Å². The van der Waals surface area contributed by atoms with Crippen molar-refractivity contribution in [2.24, 2.45) is 0 Å². The van der Waals surface area contributed by atoms with Crippen molar-refractivity contribution in [2.45, 2.75) is 33.1 Å². The Morgan fingerprint density at radius 2 is 1.89 bits per heavy atom. The Balaban J connectivity index is 1.36. The third kappa shape index (κ3) is 4.23. The summed E-state index contributed by atoms with van der Waals surface area (Å²) in [5.41, 5.74) is 0.967. The van der Waals surface area contributed by atoms with Gasteiger partial charge in [-0.2, -0.15) is 18.3 Å². The summed E-state index contributed by atoms with van der Waals surface area (Å²) in [4.78, 5) is 29.5. The normalized spacial score (nSPS) is 11.9. The lowest BCUT2D eigenvalue weighted by Crippen LogP contribution is -2.32. The number of alkyl halides is 3. The maximum Gasteiger partial charge on any atom is 0.416 e. The first-order valence-electron chi connectivity index (χ1n) is 11.0. The fraction of sp³-hybridized carbons (Fsp3) is 0.200. The van der Waals surface area contributed by atoms with Crippen LogP contribution in [-0.4, -0.2) is 25.2 Å². The molecule has 0 radical (unpaired) electrons. The van der Waals surface area contributed by atoms with Crippen molar-refractivity contribution in [3.63, 3.8) is 0 Å². The van der Waals surface area contributed by atoms with Gasteiger partial charge in [0.25, 0.3) is 5.56 Å². The van der Waals surface area contributed by atoms with Gasteiger partial charge in [0.1, 0.15) is 17.6 Å². The predicted octanol–water partition coefficient (Wildman–Crippen LogP) is 4.28. The number of rotatable bonds is 5. The molecule has 0 saturated carbocycles. The fourth-order valence-corrected chi connectivity index (χ4v) is 4.14. The largest absolute Gasteiger partial charge is 0.448 e. The van der Waals surface area contributed by atoms with Crippen LogP contribution in [0, 0.1) is 13.8 Å². The van der Waals surface area contributed by atoms with E-state index in [9.17, 15) is 22.8 Å². The molecule has 0 aliphatic heterocycles. The minimum atomic E-state index is -4.64. The molecule has 3 aromatic heterocycles. The second-order valence-electron chi connectivity index (χ2n) is 8.41. The van der Waals surface area contributed by atoms with Crippen LogP contribution in [0.5, 0.6) is 0 Å². The van der Waals surface area contributed by atoms with E-state index in [0.29, 0.717) is 27.9 Å². The molecule has 0 saturated heterocycles. The highest BCUT2D eigenvalue weighted by Gasteiger charge is 2.34. The van der Waals surface area contributed by atoms with Crippen molar-refractivity contribution in [3.05, 3.63) is 87.7 Å². The Morgan fingerprint density at radius 3 is 2.61 bits per heavy atom. The predicted molar refractivity (Wildman–Crippen MR) is 126 cm³/mol. The molecule has 0 bridgehead atoms. The van der Waals surface area contributed by atoms with Gasteiger partial charge in [-0.3, -0.25) is 14.2 Å². The van der Waals surface area contributed by atoms with E-state index in [1.54, 1.807) is 44.2 Å². The average molecular weight is 495 g/mol. The van der Waals surface area contributed by atoms with Gasteiger partial charge in [-0.15, -0.1) is 0 Å². The van der Waals surface area contributed by atoms with Crippen molar-refractivity contribution >= 4 is 28.0 Å². The van der Waals surface area contributed by atoms with Crippen LogP contribution in [0.4, 0.5) is 13.2 Å². The smallest absolute Gasteiger partial charge is 0.416 e. The van der Waals surface area contributed by atoms with Gasteiger partial charge in [0.2, 0.25) is 11.5 Å². The molecule has 184 valence electrons. The SMILES string of the molecule is Cc1cc(C)n(-c2ccc(CNC(=O)Cn3cnc4c(oc5ccccc54)c3=O)c(C(F)(F)F)c2)n1. The molecular formula is C25H20F3N5O3. The number of hydrogen-bond acceptors (Lipinski definition) is 5. The summed E-state index contributed by atoms with van der Waals surface area (Å²) < 4.78 is 49.5. The van der Waals surface area contributed by atoms with E-state index in [2.05, 4.69) is 15.4 Å². The second-order valence-corrected chi connectivity index (χ2v) is 8.41. The number of carbonyl (C=O) groups is 1. The Kier molecular flexibility index (Phi) is 5.62. The van der Waals surface area contributed by atoms with Crippen molar-refractivity contribution in [1.82, 2.24) is 24.6 Å². The molecule has 3 heterocycles. The van der Waals surface area contributed by atoms with Gasteiger partial charge in [-0.25, -0.2) is 9.67 Å². The molecule has 11 heteroatoms. The first-order valence-corrected chi connectivity index (χ1v) is 11.0. The van der Waals surface area contributed by atoms with Crippen LogP contribution in [0.25, 0.3) is 27.8 Å². The minimum Gasteiger partial charge on any atom is -0.448 e. The molecule has 0 spiro atoms. The molecule has 8 nitrogen and oxygen atoms in total. The first kappa shape index (κ1) is 23.3. The van der Waals surface area contributed by atoms with Gasteiger partial charge >= 0.3 is 6.18 Å². The van der Waals surface area contributed by atoms with Crippen LogP contribution in [0.2, 0.25) is 0 Å². The van der Waals surface area contributed by atoms with E-state index in [4.69, 9.17) is 4.42 Å². The monoisotopic (exact) mass is 495 g/mol. The van der Waals surface area contributed by atoms with Crippen molar-refractivity contribution in [1.29, 1.82) is 0 Å². The molecule has 1 N–H and O–H groups in total. The van der Waals surface area contributed by atoms with Crippen LogP contribution in [-0.2, 0) is 24.1 Å². The number of nitrogens with one attached hydrogen (secondary N) is 1. The lowest BCUT2D eigenvalue weighted by molar-refractivity contribution is -0.138. The molecule has 0 aliphatic carbocycles. The van der Waals surface area contributed by atoms with Crippen LogP contribution in [0.15, 0.2) is 64.1 Å². The quantitative estimate of drug-likeness (QED) is 0.393. The Hall–Kier alpha value is -4.41. The summed E-state index contributed by atoms with van der Waals surface area (Å²) in [5, 5.41) is 7.36. The molecule has 5 rings (SSSR count). The second kappa shape index (κ2) is 8.67. The van der Waals surface area contributed by atoms with E-state index < -0.39 is 29.8 Å². The fourth-order valence-electron chi connectivity index (χ4n) is 4.14. The van der Waals surface area contributed by atoms with Gasteiger partial charge in [0.05, 0.1) is 23.3 Å². The summed E-state index contributed by atoms with van der Waals surface area (Å²) in [6.07, 6.45) is -3.42. The van der Waals surface area contributed by atoms with Crippen LogP contribution in [0.3, 0.4) is 0 Å². The third-order valence-electron chi connectivity index (χ3n) is 5.79. The van der Waals surface area contributed by atoms with Gasteiger partial charge in [0, 0.05) is 17.6 Å². The van der Waals surface area contributed by atoms with Crippen molar-refractivity contribution in [2.75, 3.05) is 0 Å². The maximum atomic E-state index is 13.8. The number of hydrogen-bond donors (Lipinski definition) is 1.